The Bertz CT molecular complexity index is 1080. The van der Waals surface area contributed by atoms with Crippen LogP contribution < -0.4 is 0 Å². The second-order valence-corrected chi connectivity index (χ2v) is 7.52. The molecule has 1 N–H and O–H groups in total. The standard InChI is InChI=1S/C23H23N5/c1-2-16-11-12-21-19(13-16)15-22(17-7-4-3-5-8-17)28(21)20-10-6-9-18(14-20)23-24-26-27-25-23/h3-10,14-16H,2,11-13H2,1H3,(H,24,25,26,27). The SMILES string of the molecule is CCC1CCc2c(cc(-c3ccccc3)n2-c2cccc(-c3nnn[nH]3)c2)C1. The van der Waals surface area contributed by atoms with Crippen LogP contribution in [0, 0.1) is 5.92 Å². The molecule has 0 amide bonds. The molecular weight excluding hydrogens is 346 g/mol. The third-order valence-corrected chi connectivity index (χ3v) is 5.86. The predicted molar refractivity (Wildman–Crippen MR) is 110 cm³/mol. The van der Waals surface area contributed by atoms with Crippen molar-refractivity contribution in [2.75, 3.05) is 0 Å². The monoisotopic (exact) mass is 369 g/mol. The van der Waals surface area contributed by atoms with E-state index in [1.54, 1.807) is 0 Å². The molecule has 5 nitrogen and oxygen atoms in total. The Kier molecular flexibility index (Phi) is 4.28. The number of tetrazole rings is 1. The number of fused-ring (bicyclic) bond motifs is 1. The van der Waals surface area contributed by atoms with Crippen molar-refractivity contribution in [3.8, 4) is 28.3 Å². The highest BCUT2D eigenvalue weighted by Gasteiger charge is 2.24. The quantitative estimate of drug-likeness (QED) is 0.560. The largest absolute Gasteiger partial charge is 0.313 e. The van der Waals surface area contributed by atoms with E-state index >= 15 is 0 Å². The second-order valence-electron chi connectivity index (χ2n) is 7.52. The van der Waals surface area contributed by atoms with Gasteiger partial charge in [-0.2, -0.15) is 0 Å². The Morgan fingerprint density at radius 2 is 1.89 bits per heavy atom. The molecule has 0 aliphatic heterocycles. The molecule has 0 saturated heterocycles. The number of H-pyrrole nitrogens is 1. The number of aromatic nitrogens is 5. The predicted octanol–water partition coefficient (Wildman–Crippen LogP) is 4.84. The van der Waals surface area contributed by atoms with Gasteiger partial charge < -0.3 is 4.57 Å². The van der Waals surface area contributed by atoms with Crippen molar-refractivity contribution >= 4 is 0 Å². The van der Waals surface area contributed by atoms with Crippen LogP contribution in [0.5, 0.6) is 0 Å². The molecule has 5 heteroatoms. The summed E-state index contributed by atoms with van der Waals surface area (Å²) in [6.45, 7) is 2.31. The lowest BCUT2D eigenvalue weighted by atomic mass is 9.86. The lowest BCUT2D eigenvalue weighted by Crippen LogP contribution is -2.15. The topological polar surface area (TPSA) is 59.4 Å². The first kappa shape index (κ1) is 16.9. The van der Waals surface area contributed by atoms with Crippen LogP contribution in [0.2, 0.25) is 0 Å². The summed E-state index contributed by atoms with van der Waals surface area (Å²) in [6, 6.07) is 21.5. The van der Waals surface area contributed by atoms with Gasteiger partial charge in [0.25, 0.3) is 0 Å². The maximum atomic E-state index is 4.07. The molecule has 2 aromatic heterocycles. The highest BCUT2D eigenvalue weighted by molar-refractivity contribution is 5.68. The van der Waals surface area contributed by atoms with E-state index in [0.717, 1.165) is 23.6 Å². The van der Waals surface area contributed by atoms with Gasteiger partial charge >= 0.3 is 0 Å². The first-order valence-corrected chi connectivity index (χ1v) is 9.97. The van der Waals surface area contributed by atoms with Gasteiger partial charge in [-0.1, -0.05) is 55.8 Å². The zero-order chi connectivity index (χ0) is 18.9. The Hall–Kier alpha value is -3.21. The summed E-state index contributed by atoms with van der Waals surface area (Å²) in [6.07, 6.45) is 4.80. The lowest BCUT2D eigenvalue weighted by Gasteiger charge is -2.23. The van der Waals surface area contributed by atoms with Crippen LogP contribution in [0.1, 0.15) is 31.0 Å². The van der Waals surface area contributed by atoms with Crippen molar-refractivity contribution in [3.63, 3.8) is 0 Å². The Balaban J connectivity index is 1.68. The number of aromatic amines is 1. The smallest absolute Gasteiger partial charge is 0.179 e. The minimum Gasteiger partial charge on any atom is -0.313 e. The van der Waals surface area contributed by atoms with Gasteiger partial charge in [0.1, 0.15) is 0 Å². The van der Waals surface area contributed by atoms with E-state index in [1.165, 1.54) is 41.8 Å². The first-order valence-electron chi connectivity index (χ1n) is 9.97. The van der Waals surface area contributed by atoms with Gasteiger partial charge in [0.15, 0.2) is 5.82 Å². The summed E-state index contributed by atoms with van der Waals surface area (Å²) in [4.78, 5) is 0. The minimum absolute atomic E-state index is 0.690. The number of hydrogen-bond donors (Lipinski definition) is 1. The number of hydrogen-bond acceptors (Lipinski definition) is 3. The molecule has 28 heavy (non-hydrogen) atoms. The van der Waals surface area contributed by atoms with Crippen molar-refractivity contribution in [3.05, 3.63) is 71.9 Å². The highest BCUT2D eigenvalue weighted by atomic mass is 15.5. The number of rotatable bonds is 4. The Labute approximate surface area is 164 Å². The molecule has 4 aromatic rings. The second kappa shape index (κ2) is 7.08. The summed E-state index contributed by atoms with van der Waals surface area (Å²) in [5.74, 6) is 1.48. The molecule has 1 aliphatic carbocycles. The maximum Gasteiger partial charge on any atom is 0.179 e. The highest BCUT2D eigenvalue weighted by Crippen LogP contribution is 2.36. The number of nitrogens with zero attached hydrogens (tertiary/aromatic N) is 4. The molecule has 0 radical (unpaired) electrons. The summed E-state index contributed by atoms with van der Waals surface area (Å²) >= 11 is 0. The first-order chi connectivity index (χ1) is 13.8. The summed E-state index contributed by atoms with van der Waals surface area (Å²) in [7, 11) is 0. The van der Waals surface area contributed by atoms with E-state index in [0.29, 0.717) is 5.82 Å². The van der Waals surface area contributed by atoms with Crippen LogP contribution in [0.3, 0.4) is 0 Å². The van der Waals surface area contributed by atoms with E-state index in [1.807, 2.05) is 6.07 Å². The molecular formula is C23H23N5. The summed E-state index contributed by atoms with van der Waals surface area (Å²) in [5.41, 5.74) is 7.59. The molecule has 2 aromatic carbocycles. The van der Waals surface area contributed by atoms with Crippen molar-refractivity contribution < 1.29 is 0 Å². The molecule has 2 heterocycles. The molecule has 1 aliphatic rings. The number of nitrogens with one attached hydrogen (secondary N) is 1. The van der Waals surface area contributed by atoms with Gasteiger partial charge in [0, 0.05) is 16.9 Å². The van der Waals surface area contributed by atoms with Crippen LogP contribution in [0.15, 0.2) is 60.7 Å². The molecule has 140 valence electrons. The van der Waals surface area contributed by atoms with Crippen LogP contribution in [0.25, 0.3) is 28.3 Å². The fraction of sp³-hybridized carbons (Fsp3) is 0.261. The van der Waals surface area contributed by atoms with E-state index in [4.69, 9.17) is 0 Å². The van der Waals surface area contributed by atoms with Crippen LogP contribution >= 0.6 is 0 Å². The molecule has 0 bridgehead atoms. The molecule has 0 fully saturated rings. The molecule has 5 rings (SSSR count). The van der Waals surface area contributed by atoms with Gasteiger partial charge in [-0.25, -0.2) is 5.10 Å². The Morgan fingerprint density at radius 1 is 1.04 bits per heavy atom. The van der Waals surface area contributed by atoms with Gasteiger partial charge in [-0.05, 0) is 64.9 Å². The summed E-state index contributed by atoms with van der Waals surface area (Å²) < 4.78 is 2.43. The normalized spacial score (nSPS) is 16.1. The average Bonchev–Trinajstić information content (AvgIpc) is 3.42. The molecule has 1 atom stereocenters. The van der Waals surface area contributed by atoms with Crippen molar-refractivity contribution in [2.24, 2.45) is 5.92 Å². The third-order valence-electron chi connectivity index (χ3n) is 5.86. The van der Waals surface area contributed by atoms with Crippen LogP contribution in [-0.2, 0) is 12.8 Å². The van der Waals surface area contributed by atoms with Gasteiger partial charge in [-0.15, -0.1) is 5.10 Å². The molecule has 0 saturated carbocycles. The van der Waals surface area contributed by atoms with E-state index in [-0.39, 0.29) is 0 Å². The van der Waals surface area contributed by atoms with Gasteiger partial charge in [-0.3, -0.25) is 0 Å². The van der Waals surface area contributed by atoms with E-state index < -0.39 is 0 Å². The van der Waals surface area contributed by atoms with Crippen LogP contribution in [0.4, 0.5) is 0 Å². The van der Waals surface area contributed by atoms with E-state index in [9.17, 15) is 0 Å². The summed E-state index contributed by atoms with van der Waals surface area (Å²) in [5, 5.41) is 14.4. The number of benzene rings is 2. The van der Waals surface area contributed by atoms with Gasteiger partial charge in [0.2, 0.25) is 0 Å². The lowest BCUT2D eigenvalue weighted by molar-refractivity contribution is 0.440. The van der Waals surface area contributed by atoms with Crippen molar-refractivity contribution in [1.82, 2.24) is 25.2 Å². The van der Waals surface area contributed by atoms with Crippen molar-refractivity contribution in [1.29, 1.82) is 0 Å². The average molecular weight is 369 g/mol. The fourth-order valence-corrected chi connectivity index (χ4v) is 4.34. The van der Waals surface area contributed by atoms with Gasteiger partial charge in [0.05, 0.1) is 5.69 Å². The zero-order valence-corrected chi connectivity index (χ0v) is 16.0. The fourth-order valence-electron chi connectivity index (χ4n) is 4.34. The van der Waals surface area contributed by atoms with Crippen molar-refractivity contribution in [2.45, 2.75) is 32.6 Å². The zero-order valence-electron chi connectivity index (χ0n) is 16.0. The van der Waals surface area contributed by atoms with E-state index in [2.05, 4.69) is 86.7 Å². The molecule has 0 spiro atoms. The molecule has 1 unspecified atom stereocenters. The maximum absolute atomic E-state index is 4.07. The Morgan fingerprint density at radius 3 is 2.68 bits per heavy atom. The third kappa shape index (κ3) is 2.93. The minimum atomic E-state index is 0.690. The van der Waals surface area contributed by atoms with Crippen LogP contribution in [-0.4, -0.2) is 25.2 Å².